The minimum absolute atomic E-state index is 1.01. The highest BCUT2D eigenvalue weighted by molar-refractivity contribution is 7.12. The van der Waals surface area contributed by atoms with Crippen LogP contribution in [-0.2, 0) is 6.42 Å². The summed E-state index contributed by atoms with van der Waals surface area (Å²) in [6.07, 6.45) is 1.04. The zero-order chi connectivity index (χ0) is 14.4. The average molecular weight is 289 g/mol. The van der Waals surface area contributed by atoms with Crippen molar-refractivity contribution in [2.75, 3.05) is 33.7 Å². The summed E-state index contributed by atoms with van der Waals surface area (Å²) in [5.41, 5.74) is 2.38. The lowest BCUT2D eigenvalue weighted by Gasteiger charge is -2.10. The van der Waals surface area contributed by atoms with Gasteiger partial charge in [-0.15, -0.1) is 11.3 Å². The topological polar surface area (TPSA) is 28.2 Å². The first-order valence-corrected chi connectivity index (χ1v) is 7.85. The SMILES string of the molecule is Cc1nc(-c2ccccc2)c(CCNCCN(C)C)s1. The molecule has 20 heavy (non-hydrogen) atoms. The van der Waals surface area contributed by atoms with E-state index < -0.39 is 0 Å². The van der Waals surface area contributed by atoms with Gasteiger partial charge in [-0.1, -0.05) is 30.3 Å². The van der Waals surface area contributed by atoms with Crippen molar-refractivity contribution >= 4 is 11.3 Å². The van der Waals surface area contributed by atoms with Crippen LogP contribution in [0.1, 0.15) is 9.88 Å². The van der Waals surface area contributed by atoms with Crippen LogP contribution in [-0.4, -0.2) is 43.6 Å². The molecule has 0 amide bonds. The fourth-order valence-corrected chi connectivity index (χ4v) is 3.05. The fourth-order valence-electron chi connectivity index (χ4n) is 2.09. The van der Waals surface area contributed by atoms with Crippen molar-refractivity contribution in [2.45, 2.75) is 13.3 Å². The van der Waals surface area contributed by atoms with Crippen molar-refractivity contribution in [3.8, 4) is 11.3 Å². The largest absolute Gasteiger partial charge is 0.315 e. The molecule has 0 fully saturated rings. The Kier molecular flexibility index (Phi) is 5.71. The van der Waals surface area contributed by atoms with Gasteiger partial charge in [0.1, 0.15) is 0 Å². The number of hydrogen-bond acceptors (Lipinski definition) is 4. The van der Waals surface area contributed by atoms with Crippen molar-refractivity contribution in [2.24, 2.45) is 0 Å². The Morgan fingerprint density at radius 1 is 1.15 bits per heavy atom. The molecule has 1 N–H and O–H groups in total. The van der Waals surface area contributed by atoms with Gasteiger partial charge >= 0.3 is 0 Å². The monoisotopic (exact) mass is 289 g/mol. The maximum Gasteiger partial charge on any atom is 0.0904 e. The van der Waals surface area contributed by atoms with Crippen LogP contribution in [0.15, 0.2) is 30.3 Å². The molecule has 0 atom stereocenters. The van der Waals surface area contributed by atoms with E-state index in [0.29, 0.717) is 0 Å². The maximum absolute atomic E-state index is 4.69. The Morgan fingerprint density at radius 2 is 1.90 bits per heavy atom. The van der Waals surface area contributed by atoms with Crippen molar-refractivity contribution in [3.63, 3.8) is 0 Å². The molecule has 3 nitrogen and oxygen atoms in total. The highest BCUT2D eigenvalue weighted by Crippen LogP contribution is 2.28. The average Bonchev–Trinajstić information content (AvgIpc) is 2.80. The van der Waals surface area contributed by atoms with Gasteiger partial charge in [0, 0.05) is 30.1 Å². The van der Waals surface area contributed by atoms with Crippen LogP contribution in [0.5, 0.6) is 0 Å². The first-order valence-electron chi connectivity index (χ1n) is 7.04. The lowest BCUT2D eigenvalue weighted by atomic mass is 10.1. The summed E-state index contributed by atoms with van der Waals surface area (Å²) in [4.78, 5) is 8.26. The number of hydrogen-bond donors (Lipinski definition) is 1. The van der Waals surface area contributed by atoms with E-state index in [9.17, 15) is 0 Å². The first kappa shape index (κ1) is 15.2. The molecule has 108 valence electrons. The minimum atomic E-state index is 1.01. The first-order chi connectivity index (χ1) is 9.66. The lowest BCUT2D eigenvalue weighted by molar-refractivity contribution is 0.401. The summed E-state index contributed by atoms with van der Waals surface area (Å²) in [6.45, 7) is 5.20. The number of benzene rings is 1. The Balaban J connectivity index is 1.95. The molecule has 0 aliphatic rings. The molecule has 0 bridgehead atoms. The molecule has 1 heterocycles. The van der Waals surface area contributed by atoms with Crippen molar-refractivity contribution in [3.05, 3.63) is 40.2 Å². The summed E-state index contributed by atoms with van der Waals surface area (Å²) in [5.74, 6) is 0. The number of aryl methyl sites for hydroxylation is 1. The number of rotatable bonds is 7. The van der Waals surface area contributed by atoms with Crippen LogP contribution >= 0.6 is 11.3 Å². The number of likely N-dealkylation sites (N-methyl/N-ethyl adjacent to an activating group) is 1. The van der Waals surface area contributed by atoms with Gasteiger partial charge < -0.3 is 10.2 Å². The third-order valence-electron chi connectivity index (χ3n) is 3.12. The molecule has 0 radical (unpaired) electrons. The van der Waals surface area contributed by atoms with Gasteiger partial charge in [-0.2, -0.15) is 0 Å². The van der Waals surface area contributed by atoms with Crippen molar-refractivity contribution in [1.82, 2.24) is 15.2 Å². The summed E-state index contributed by atoms with van der Waals surface area (Å²) < 4.78 is 0. The van der Waals surface area contributed by atoms with Gasteiger partial charge in [0.15, 0.2) is 0 Å². The summed E-state index contributed by atoms with van der Waals surface area (Å²) in [6, 6.07) is 10.5. The molecular formula is C16H23N3S. The third kappa shape index (κ3) is 4.40. The van der Waals surface area contributed by atoms with E-state index in [-0.39, 0.29) is 0 Å². The van der Waals surface area contributed by atoms with E-state index >= 15 is 0 Å². The van der Waals surface area contributed by atoms with E-state index in [2.05, 4.69) is 55.5 Å². The number of nitrogens with zero attached hydrogens (tertiary/aromatic N) is 2. The van der Waals surface area contributed by atoms with Crippen LogP contribution < -0.4 is 5.32 Å². The Labute approximate surface area is 125 Å². The molecule has 0 spiro atoms. The smallest absolute Gasteiger partial charge is 0.0904 e. The second kappa shape index (κ2) is 7.53. The molecule has 1 aromatic heterocycles. The second-order valence-electron chi connectivity index (χ2n) is 5.17. The van der Waals surface area contributed by atoms with Crippen molar-refractivity contribution < 1.29 is 0 Å². The van der Waals surface area contributed by atoms with Crippen LogP contribution in [0.25, 0.3) is 11.3 Å². The fraction of sp³-hybridized carbons (Fsp3) is 0.438. The van der Waals surface area contributed by atoms with Crippen LogP contribution in [0.3, 0.4) is 0 Å². The van der Waals surface area contributed by atoms with Gasteiger partial charge in [-0.25, -0.2) is 4.98 Å². The van der Waals surface area contributed by atoms with E-state index in [1.807, 2.05) is 17.4 Å². The molecule has 4 heteroatoms. The molecule has 0 saturated heterocycles. The maximum atomic E-state index is 4.69. The lowest BCUT2D eigenvalue weighted by Crippen LogP contribution is -2.27. The molecule has 0 aliphatic carbocycles. The molecule has 2 rings (SSSR count). The third-order valence-corrected chi connectivity index (χ3v) is 4.15. The summed E-state index contributed by atoms with van der Waals surface area (Å²) in [7, 11) is 4.20. The molecule has 0 unspecified atom stereocenters. The minimum Gasteiger partial charge on any atom is -0.315 e. The number of aromatic nitrogens is 1. The van der Waals surface area contributed by atoms with Crippen LogP contribution in [0.4, 0.5) is 0 Å². The molecular weight excluding hydrogens is 266 g/mol. The van der Waals surface area contributed by atoms with E-state index in [1.165, 1.54) is 10.4 Å². The second-order valence-corrected chi connectivity index (χ2v) is 6.46. The number of nitrogens with one attached hydrogen (secondary N) is 1. The highest BCUT2D eigenvalue weighted by atomic mass is 32.1. The van der Waals surface area contributed by atoms with Gasteiger partial charge in [0.05, 0.1) is 10.7 Å². The zero-order valence-corrected chi connectivity index (χ0v) is 13.3. The van der Waals surface area contributed by atoms with Gasteiger partial charge in [0.25, 0.3) is 0 Å². The Bertz CT molecular complexity index is 520. The normalized spacial score (nSPS) is 11.2. The van der Waals surface area contributed by atoms with Gasteiger partial charge in [0.2, 0.25) is 0 Å². The predicted molar refractivity (Wildman–Crippen MR) is 87.4 cm³/mol. The predicted octanol–water partition coefficient (Wildman–Crippen LogP) is 2.81. The zero-order valence-electron chi connectivity index (χ0n) is 12.5. The standard InChI is InChI=1S/C16H23N3S/c1-13-18-16(14-7-5-4-6-8-14)15(20-13)9-10-17-11-12-19(2)3/h4-8,17H,9-12H2,1-3H3. The summed E-state index contributed by atoms with van der Waals surface area (Å²) in [5, 5.41) is 4.64. The highest BCUT2D eigenvalue weighted by Gasteiger charge is 2.10. The number of thiazole rings is 1. The van der Waals surface area contributed by atoms with Crippen LogP contribution in [0.2, 0.25) is 0 Å². The molecule has 1 aromatic carbocycles. The van der Waals surface area contributed by atoms with Gasteiger partial charge in [-0.3, -0.25) is 0 Å². The molecule has 2 aromatic rings. The Hall–Kier alpha value is -1.23. The van der Waals surface area contributed by atoms with Crippen LogP contribution in [0, 0.1) is 6.92 Å². The molecule has 0 saturated carbocycles. The Morgan fingerprint density at radius 3 is 2.60 bits per heavy atom. The van der Waals surface area contributed by atoms with E-state index in [4.69, 9.17) is 4.98 Å². The molecule has 0 aliphatic heterocycles. The quantitative estimate of drug-likeness (QED) is 0.795. The summed E-state index contributed by atoms with van der Waals surface area (Å²) >= 11 is 1.81. The van der Waals surface area contributed by atoms with Crippen molar-refractivity contribution in [1.29, 1.82) is 0 Å². The van der Waals surface area contributed by atoms with Gasteiger partial charge in [-0.05, 0) is 27.4 Å². The van der Waals surface area contributed by atoms with E-state index in [1.54, 1.807) is 0 Å². The van der Waals surface area contributed by atoms with E-state index in [0.717, 1.165) is 36.8 Å².